The molecule has 3 rings (SSSR count). The van der Waals surface area contributed by atoms with E-state index in [1.807, 2.05) is 42.5 Å². The molecule has 0 unspecified atom stereocenters. The summed E-state index contributed by atoms with van der Waals surface area (Å²) in [6, 6.07) is 15.2. The van der Waals surface area contributed by atoms with Crippen LogP contribution >= 0.6 is 0 Å². The molecule has 2 atom stereocenters. The Morgan fingerprint density at radius 3 is 2.20 bits per heavy atom. The predicted octanol–water partition coefficient (Wildman–Crippen LogP) is 1.21. The first-order valence-corrected chi connectivity index (χ1v) is 9.91. The lowest BCUT2D eigenvalue weighted by Crippen LogP contribution is -2.58. The minimum Gasteiger partial charge on any atom is -0.350 e. The van der Waals surface area contributed by atoms with Crippen LogP contribution in [0, 0.1) is 0 Å². The van der Waals surface area contributed by atoms with Crippen LogP contribution in [0.15, 0.2) is 54.6 Å². The third-order valence-electron chi connectivity index (χ3n) is 4.95. The Morgan fingerprint density at radius 1 is 0.967 bits per heavy atom. The van der Waals surface area contributed by atoms with Gasteiger partial charge in [-0.2, -0.15) is 0 Å². The zero-order valence-corrected chi connectivity index (χ0v) is 16.7. The molecule has 0 aliphatic heterocycles. The molecule has 0 radical (unpaired) electrons. The second-order valence-corrected chi connectivity index (χ2v) is 7.38. The Kier molecular flexibility index (Phi) is 7.16. The maximum Gasteiger partial charge on any atom is 0.268 e. The van der Waals surface area contributed by atoms with E-state index in [4.69, 9.17) is 5.21 Å². The van der Waals surface area contributed by atoms with Crippen molar-refractivity contribution in [2.24, 2.45) is 0 Å². The normalized spacial score (nSPS) is 15.0. The molecular formula is C22H26N4O4. The molecule has 1 aliphatic rings. The highest BCUT2D eigenvalue weighted by molar-refractivity contribution is 5.98. The lowest BCUT2D eigenvalue weighted by Gasteiger charge is -2.24. The van der Waals surface area contributed by atoms with Gasteiger partial charge in [-0.25, -0.2) is 5.48 Å². The topological polar surface area (TPSA) is 120 Å². The lowest BCUT2D eigenvalue weighted by atomic mass is 10.0. The van der Waals surface area contributed by atoms with Gasteiger partial charge in [-0.1, -0.05) is 42.5 Å². The van der Waals surface area contributed by atoms with Crippen LogP contribution in [0.4, 0.5) is 0 Å². The molecule has 0 aromatic heterocycles. The fourth-order valence-electron chi connectivity index (χ4n) is 3.07. The first-order valence-electron chi connectivity index (χ1n) is 9.91. The quantitative estimate of drug-likeness (QED) is 0.315. The molecule has 0 bridgehead atoms. The third-order valence-corrected chi connectivity index (χ3v) is 4.95. The highest BCUT2D eigenvalue weighted by Crippen LogP contribution is 2.19. The van der Waals surface area contributed by atoms with Crippen molar-refractivity contribution in [2.75, 3.05) is 6.54 Å². The van der Waals surface area contributed by atoms with Crippen molar-refractivity contribution >= 4 is 17.7 Å². The number of nitrogens with one attached hydrogen (secondary N) is 4. The second kappa shape index (κ2) is 10.00. The molecule has 0 spiro atoms. The van der Waals surface area contributed by atoms with Crippen LogP contribution in [-0.2, 0) is 9.59 Å². The molecule has 1 saturated carbocycles. The number of rotatable bonds is 9. The van der Waals surface area contributed by atoms with E-state index >= 15 is 0 Å². The maximum absolute atomic E-state index is 12.6. The van der Waals surface area contributed by atoms with Crippen molar-refractivity contribution in [3.05, 3.63) is 60.2 Å². The summed E-state index contributed by atoms with van der Waals surface area (Å²) in [6.07, 6.45) is 2.11. The summed E-state index contributed by atoms with van der Waals surface area (Å²) in [5.41, 5.74) is 3.89. The van der Waals surface area contributed by atoms with E-state index in [9.17, 15) is 14.4 Å². The molecule has 5 N–H and O–H groups in total. The van der Waals surface area contributed by atoms with Crippen molar-refractivity contribution in [3.63, 3.8) is 0 Å². The van der Waals surface area contributed by atoms with Gasteiger partial charge in [0, 0.05) is 11.6 Å². The van der Waals surface area contributed by atoms with E-state index in [-0.39, 0.29) is 12.5 Å². The molecule has 158 valence electrons. The van der Waals surface area contributed by atoms with Gasteiger partial charge in [0.2, 0.25) is 5.91 Å². The van der Waals surface area contributed by atoms with Gasteiger partial charge < -0.3 is 16.0 Å². The number of hydroxylamine groups is 1. The summed E-state index contributed by atoms with van der Waals surface area (Å²) in [6.45, 7) is 1.73. The molecule has 1 fully saturated rings. The fourth-order valence-corrected chi connectivity index (χ4v) is 3.07. The first-order chi connectivity index (χ1) is 14.5. The van der Waals surface area contributed by atoms with Crippen LogP contribution in [0.2, 0.25) is 0 Å². The van der Waals surface area contributed by atoms with Gasteiger partial charge in [0.25, 0.3) is 11.8 Å². The predicted molar refractivity (Wildman–Crippen MR) is 112 cm³/mol. The van der Waals surface area contributed by atoms with Crippen LogP contribution in [0.25, 0.3) is 11.1 Å². The summed E-state index contributed by atoms with van der Waals surface area (Å²) in [7, 11) is 0. The number of hydrogen-bond donors (Lipinski definition) is 5. The molecule has 8 nitrogen and oxygen atoms in total. The zero-order valence-electron chi connectivity index (χ0n) is 16.7. The van der Waals surface area contributed by atoms with Gasteiger partial charge in [-0.15, -0.1) is 0 Å². The van der Waals surface area contributed by atoms with Crippen LogP contribution < -0.4 is 21.4 Å². The molecule has 3 amide bonds. The van der Waals surface area contributed by atoms with Gasteiger partial charge in [0.1, 0.15) is 6.04 Å². The summed E-state index contributed by atoms with van der Waals surface area (Å²) < 4.78 is 0. The van der Waals surface area contributed by atoms with Gasteiger partial charge in [-0.3, -0.25) is 19.6 Å². The SMILES string of the molecule is C[C@@H](NC(=O)CNC1CC1)[C@H](NC(=O)c1ccc(-c2ccccc2)cc1)C(=O)NO. The molecule has 2 aromatic rings. The van der Waals surface area contributed by atoms with E-state index in [0.29, 0.717) is 11.6 Å². The lowest BCUT2D eigenvalue weighted by molar-refractivity contribution is -0.132. The Balaban J connectivity index is 1.62. The summed E-state index contributed by atoms with van der Waals surface area (Å²) >= 11 is 0. The van der Waals surface area contributed by atoms with Crippen molar-refractivity contribution in [2.45, 2.75) is 37.9 Å². The summed E-state index contributed by atoms with van der Waals surface area (Å²) in [4.78, 5) is 36.8. The minimum atomic E-state index is -1.14. The van der Waals surface area contributed by atoms with Crippen LogP contribution in [0.3, 0.4) is 0 Å². The number of hydrogen-bond acceptors (Lipinski definition) is 5. The number of benzene rings is 2. The fraction of sp³-hybridized carbons (Fsp3) is 0.318. The molecule has 0 heterocycles. The Morgan fingerprint density at radius 2 is 1.60 bits per heavy atom. The molecule has 0 saturated heterocycles. The monoisotopic (exact) mass is 410 g/mol. The molecule has 2 aromatic carbocycles. The molecule has 8 heteroatoms. The van der Waals surface area contributed by atoms with Gasteiger partial charge >= 0.3 is 0 Å². The van der Waals surface area contributed by atoms with Gasteiger partial charge in [0.15, 0.2) is 0 Å². The van der Waals surface area contributed by atoms with Crippen LogP contribution in [0.1, 0.15) is 30.1 Å². The van der Waals surface area contributed by atoms with E-state index in [1.54, 1.807) is 24.5 Å². The molecular weight excluding hydrogens is 384 g/mol. The number of carbonyl (C=O) groups is 3. The number of carbonyl (C=O) groups excluding carboxylic acids is 3. The van der Waals surface area contributed by atoms with E-state index in [1.165, 1.54) is 0 Å². The van der Waals surface area contributed by atoms with Crippen molar-refractivity contribution < 1.29 is 19.6 Å². The maximum atomic E-state index is 12.6. The highest BCUT2D eigenvalue weighted by Gasteiger charge is 2.29. The van der Waals surface area contributed by atoms with Crippen molar-refractivity contribution in [3.8, 4) is 11.1 Å². The smallest absolute Gasteiger partial charge is 0.268 e. The van der Waals surface area contributed by atoms with E-state index < -0.39 is 23.9 Å². The van der Waals surface area contributed by atoms with E-state index in [2.05, 4.69) is 16.0 Å². The van der Waals surface area contributed by atoms with Gasteiger partial charge in [-0.05, 0) is 43.0 Å². The van der Waals surface area contributed by atoms with Crippen LogP contribution in [-0.4, -0.2) is 47.6 Å². The van der Waals surface area contributed by atoms with E-state index in [0.717, 1.165) is 24.0 Å². The summed E-state index contributed by atoms with van der Waals surface area (Å²) in [5.74, 6) is -1.58. The number of amides is 3. The molecule has 1 aliphatic carbocycles. The highest BCUT2D eigenvalue weighted by atomic mass is 16.5. The largest absolute Gasteiger partial charge is 0.350 e. The molecule has 30 heavy (non-hydrogen) atoms. The summed E-state index contributed by atoms with van der Waals surface area (Å²) in [5, 5.41) is 17.4. The van der Waals surface area contributed by atoms with Crippen molar-refractivity contribution in [1.82, 2.24) is 21.4 Å². The second-order valence-electron chi connectivity index (χ2n) is 7.38. The Hall–Kier alpha value is -3.23. The van der Waals surface area contributed by atoms with Crippen molar-refractivity contribution in [1.29, 1.82) is 0 Å². The van der Waals surface area contributed by atoms with Gasteiger partial charge in [0.05, 0.1) is 12.6 Å². The average molecular weight is 410 g/mol. The average Bonchev–Trinajstić information content (AvgIpc) is 3.60. The first kappa shape index (κ1) is 21.5. The minimum absolute atomic E-state index is 0.136. The zero-order chi connectivity index (χ0) is 21.5. The Bertz CT molecular complexity index is 882. The Labute approximate surface area is 175 Å². The standard InChI is InChI=1S/C22H26N4O4/c1-14(24-19(27)13-23-18-11-12-18)20(22(29)26-30)25-21(28)17-9-7-16(8-10-17)15-5-3-2-4-6-15/h2-10,14,18,20,23,30H,11-13H2,1H3,(H,24,27)(H,25,28)(H,26,29)/t14-,20+/m1/s1. The third kappa shape index (κ3) is 5.88. The van der Waals surface area contributed by atoms with Crippen LogP contribution in [0.5, 0.6) is 0 Å².